The Hall–Kier alpha value is -0.640. The second kappa shape index (κ2) is 28.4. The zero-order valence-corrected chi connectivity index (χ0v) is 21.3. The van der Waals surface area contributed by atoms with Crippen LogP contribution in [0, 0.1) is 0 Å². The number of hydrogen-bond acceptors (Lipinski definition) is 3. The standard InChI is InChI=1S/C21H42OS.C5H10O2/c1-3-5-6-7-8-9-10-11-12-13-14-15-16-17-18-19-20-22-21(23)4-2;1-2-3-4-5(6)7/h3-20H2,1-2H3;2-4H2,1H3,(H,6,7). The van der Waals surface area contributed by atoms with E-state index in [1.54, 1.807) is 0 Å². The first-order valence-corrected chi connectivity index (χ1v) is 13.4. The molecule has 0 rings (SSSR count). The van der Waals surface area contributed by atoms with Crippen molar-refractivity contribution in [3.8, 4) is 0 Å². The van der Waals surface area contributed by atoms with Gasteiger partial charge in [0.1, 0.15) is 0 Å². The summed E-state index contributed by atoms with van der Waals surface area (Å²) in [7, 11) is 0. The largest absolute Gasteiger partial charge is 0.487 e. The molecule has 0 aromatic rings. The number of thiocarbonyl (C=S) groups is 1. The molecule has 0 radical (unpaired) electrons. The summed E-state index contributed by atoms with van der Waals surface area (Å²) in [6.07, 6.45) is 25.5. The third kappa shape index (κ3) is 32.0. The van der Waals surface area contributed by atoms with Crippen molar-refractivity contribution in [3.05, 3.63) is 0 Å². The van der Waals surface area contributed by atoms with Gasteiger partial charge in [0, 0.05) is 12.8 Å². The summed E-state index contributed by atoms with van der Waals surface area (Å²) < 4.78 is 5.44. The molecule has 0 unspecified atom stereocenters. The van der Waals surface area contributed by atoms with Crippen molar-refractivity contribution in [1.29, 1.82) is 0 Å². The van der Waals surface area contributed by atoms with Crippen LogP contribution in [0.4, 0.5) is 0 Å². The number of rotatable bonds is 21. The lowest BCUT2D eigenvalue weighted by Gasteiger charge is -2.05. The summed E-state index contributed by atoms with van der Waals surface area (Å²) in [6, 6.07) is 0. The lowest BCUT2D eigenvalue weighted by Crippen LogP contribution is -2.01. The first-order chi connectivity index (χ1) is 14.6. The van der Waals surface area contributed by atoms with Gasteiger partial charge in [0.2, 0.25) is 0 Å². The topological polar surface area (TPSA) is 46.5 Å². The lowest BCUT2D eigenvalue weighted by atomic mass is 10.0. The highest BCUT2D eigenvalue weighted by Crippen LogP contribution is 2.13. The smallest absolute Gasteiger partial charge is 0.303 e. The molecular weight excluding hydrogens is 392 g/mol. The van der Waals surface area contributed by atoms with E-state index in [0.29, 0.717) is 6.42 Å². The summed E-state index contributed by atoms with van der Waals surface area (Å²) >= 11 is 5.04. The van der Waals surface area contributed by atoms with Crippen molar-refractivity contribution >= 4 is 23.2 Å². The quantitative estimate of drug-likeness (QED) is 0.141. The highest BCUT2D eigenvalue weighted by Gasteiger charge is 1.96. The molecule has 0 heterocycles. The third-order valence-electron chi connectivity index (χ3n) is 5.29. The van der Waals surface area contributed by atoms with E-state index >= 15 is 0 Å². The van der Waals surface area contributed by atoms with Crippen molar-refractivity contribution in [1.82, 2.24) is 0 Å². The Morgan fingerprint density at radius 3 is 1.30 bits per heavy atom. The number of hydrogen-bond donors (Lipinski definition) is 1. The van der Waals surface area contributed by atoms with Crippen molar-refractivity contribution in [2.24, 2.45) is 0 Å². The third-order valence-corrected chi connectivity index (χ3v) is 5.70. The van der Waals surface area contributed by atoms with Gasteiger partial charge in [-0.3, -0.25) is 4.79 Å². The maximum atomic E-state index is 9.76. The molecule has 3 nitrogen and oxygen atoms in total. The van der Waals surface area contributed by atoms with Crippen LogP contribution in [0.5, 0.6) is 0 Å². The number of carboxylic acid groups (broad SMARTS) is 1. The van der Waals surface area contributed by atoms with Gasteiger partial charge in [-0.2, -0.15) is 0 Å². The van der Waals surface area contributed by atoms with Crippen molar-refractivity contribution < 1.29 is 14.6 Å². The molecule has 0 saturated carbocycles. The Morgan fingerprint density at radius 2 is 1.00 bits per heavy atom. The maximum absolute atomic E-state index is 9.76. The molecule has 0 aliphatic heterocycles. The molecule has 0 atom stereocenters. The van der Waals surface area contributed by atoms with Crippen LogP contribution in [-0.2, 0) is 9.53 Å². The van der Waals surface area contributed by atoms with Crippen LogP contribution in [0.1, 0.15) is 149 Å². The predicted octanol–water partition coefficient (Wildman–Crippen LogP) is 9.26. The molecule has 180 valence electrons. The van der Waals surface area contributed by atoms with Crippen molar-refractivity contribution in [3.63, 3.8) is 0 Å². The van der Waals surface area contributed by atoms with Gasteiger partial charge in [-0.25, -0.2) is 0 Å². The lowest BCUT2D eigenvalue weighted by molar-refractivity contribution is -0.137. The van der Waals surface area contributed by atoms with Crippen LogP contribution in [0.15, 0.2) is 0 Å². The van der Waals surface area contributed by atoms with Crippen LogP contribution in [-0.4, -0.2) is 22.7 Å². The monoisotopic (exact) mass is 444 g/mol. The highest BCUT2D eigenvalue weighted by molar-refractivity contribution is 7.80. The Bertz CT molecular complexity index is 358. The molecule has 0 aromatic carbocycles. The normalized spacial score (nSPS) is 10.4. The van der Waals surface area contributed by atoms with E-state index in [1.807, 2.05) is 6.92 Å². The fourth-order valence-corrected chi connectivity index (χ4v) is 3.35. The molecule has 0 spiro atoms. The Balaban J connectivity index is 0. The number of carbonyl (C=O) groups is 1. The maximum Gasteiger partial charge on any atom is 0.303 e. The summed E-state index contributed by atoms with van der Waals surface area (Å²) in [4.78, 5) is 9.76. The van der Waals surface area contributed by atoms with E-state index in [1.165, 1.54) is 103 Å². The molecule has 0 aliphatic carbocycles. The predicted molar refractivity (Wildman–Crippen MR) is 136 cm³/mol. The van der Waals surface area contributed by atoms with E-state index in [9.17, 15) is 4.79 Å². The number of carboxylic acids is 1. The molecular formula is C26H52O3S. The summed E-state index contributed by atoms with van der Waals surface area (Å²) in [5, 5.41) is 8.81. The summed E-state index contributed by atoms with van der Waals surface area (Å²) in [5.74, 6) is -0.693. The van der Waals surface area contributed by atoms with Gasteiger partial charge < -0.3 is 9.84 Å². The van der Waals surface area contributed by atoms with Gasteiger partial charge in [-0.05, 0) is 25.1 Å². The zero-order chi connectivity index (χ0) is 22.7. The SMILES string of the molecule is CCCCC(=O)O.CCCCCCCCCCCCCCCCCCOC(=S)CC. The molecule has 0 saturated heterocycles. The first-order valence-electron chi connectivity index (χ1n) is 13.0. The minimum Gasteiger partial charge on any atom is -0.487 e. The van der Waals surface area contributed by atoms with Crippen molar-refractivity contribution in [2.45, 2.75) is 149 Å². The van der Waals surface area contributed by atoms with E-state index in [4.69, 9.17) is 22.1 Å². The van der Waals surface area contributed by atoms with Gasteiger partial charge in [-0.15, -0.1) is 0 Å². The van der Waals surface area contributed by atoms with E-state index in [-0.39, 0.29) is 0 Å². The van der Waals surface area contributed by atoms with E-state index in [0.717, 1.165) is 30.9 Å². The highest BCUT2D eigenvalue weighted by atomic mass is 32.1. The van der Waals surface area contributed by atoms with Gasteiger partial charge in [0.05, 0.1) is 6.61 Å². The average molecular weight is 445 g/mol. The minimum atomic E-state index is -0.693. The molecule has 30 heavy (non-hydrogen) atoms. The molecule has 0 bridgehead atoms. The van der Waals surface area contributed by atoms with E-state index < -0.39 is 5.97 Å². The van der Waals surface area contributed by atoms with Gasteiger partial charge in [0.25, 0.3) is 0 Å². The minimum absolute atomic E-state index is 0.316. The Labute approximate surface area is 193 Å². The molecule has 0 amide bonds. The molecule has 4 heteroatoms. The van der Waals surface area contributed by atoms with Crippen LogP contribution in [0.25, 0.3) is 0 Å². The second-order valence-corrected chi connectivity index (χ2v) is 8.83. The Morgan fingerprint density at radius 1 is 0.633 bits per heavy atom. The number of aliphatic carboxylic acids is 1. The second-order valence-electron chi connectivity index (χ2n) is 8.37. The number of unbranched alkanes of at least 4 members (excludes halogenated alkanes) is 16. The average Bonchev–Trinajstić information content (AvgIpc) is 2.74. The van der Waals surface area contributed by atoms with Crippen LogP contribution in [0.3, 0.4) is 0 Å². The summed E-state index contributed by atoms with van der Waals surface area (Å²) in [5.41, 5.74) is 0. The van der Waals surface area contributed by atoms with Crippen LogP contribution < -0.4 is 0 Å². The molecule has 0 fully saturated rings. The van der Waals surface area contributed by atoms with Gasteiger partial charge >= 0.3 is 5.97 Å². The molecule has 1 N–H and O–H groups in total. The zero-order valence-electron chi connectivity index (χ0n) is 20.5. The van der Waals surface area contributed by atoms with Crippen LogP contribution >= 0.6 is 12.2 Å². The Kier molecular flexibility index (Phi) is 29.8. The van der Waals surface area contributed by atoms with E-state index in [2.05, 4.69) is 13.8 Å². The van der Waals surface area contributed by atoms with Crippen molar-refractivity contribution in [2.75, 3.05) is 6.61 Å². The van der Waals surface area contributed by atoms with Crippen LogP contribution in [0.2, 0.25) is 0 Å². The fourth-order valence-electron chi connectivity index (χ4n) is 3.27. The van der Waals surface area contributed by atoms with Gasteiger partial charge in [0.15, 0.2) is 5.05 Å². The fraction of sp³-hybridized carbons (Fsp3) is 0.923. The first kappa shape index (κ1) is 31.5. The number of ether oxygens (including phenoxy) is 1. The molecule has 0 aliphatic rings. The van der Waals surface area contributed by atoms with Gasteiger partial charge in [-0.1, -0.05) is 124 Å². The molecule has 0 aromatic heterocycles. The summed E-state index contributed by atoms with van der Waals surface area (Å²) in [6.45, 7) is 7.14.